The summed E-state index contributed by atoms with van der Waals surface area (Å²) in [7, 11) is 0. The monoisotopic (exact) mass is 322 g/mol. The molecular formula is C15H12F2N2O4. The minimum Gasteiger partial charge on any atom is -0.481 e. The van der Waals surface area contributed by atoms with Crippen LogP contribution < -0.4 is 10.1 Å². The van der Waals surface area contributed by atoms with E-state index in [1.165, 1.54) is 37.3 Å². The molecule has 1 N–H and O–H groups in total. The van der Waals surface area contributed by atoms with Crippen LogP contribution in [-0.2, 0) is 4.79 Å². The molecule has 0 aliphatic carbocycles. The van der Waals surface area contributed by atoms with Gasteiger partial charge in [0.2, 0.25) is 0 Å². The van der Waals surface area contributed by atoms with Gasteiger partial charge in [0.1, 0.15) is 5.75 Å². The highest BCUT2D eigenvalue weighted by Gasteiger charge is 2.16. The van der Waals surface area contributed by atoms with E-state index >= 15 is 0 Å². The fourth-order valence-corrected chi connectivity index (χ4v) is 1.72. The summed E-state index contributed by atoms with van der Waals surface area (Å²) in [5.74, 6) is -2.62. The quantitative estimate of drug-likeness (QED) is 0.676. The topological polar surface area (TPSA) is 81.5 Å². The lowest BCUT2D eigenvalue weighted by Gasteiger charge is -2.14. The van der Waals surface area contributed by atoms with Crippen molar-refractivity contribution in [2.75, 3.05) is 5.32 Å². The number of nitrogens with zero attached hydrogens (tertiary/aromatic N) is 1. The molecule has 8 heteroatoms. The zero-order chi connectivity index (χ0) is 17.0. The fourth-order valence-electron chi connectivity index (χ4n) is 1.72. The fraction of sp³-hybridized carbons (Fsp3) is 0.133. The molecule has 1 atom stereocenters. The number of hydrogen-bond acceptors (Lipinski definition) is 4. The highest BCUT2D eigenvalue weighted by atomic mass is 19.2. The lowest BCUT2D eigenvalue weighted by Crippen LogP contribution is -2.30. The van der Waals surface area contributed by atoms with E-state index in [1.54, 1.807) is 0 Å². The van der Waals surface area contributed by atoms with Crippen molar-refractivity contribution < 1.29 is 23.2 Å². The number of hydrogen-bond donors (Lipinski definition) is 1. The SMILES string of the molecule is CC(Oc1ccc(F)c(F)c1)C(=O)Nc1ccc([N+](=O)[O-])cc1. The number of nitro groups is 1. The number of amides is 1. The summed E-state index contributed by atoms with van der Waals surface area (Å²) in [4.78, 5) is 21.9. The number of anilines is 1. The Bertz CT molecular complexity index is 735. The second-order valence-corrected chi connectivity index (χ2v) is 4.63. The first kappa shape index (κ1) is 16.3. The molecule has 2 aromatic rings. The highest BCUT2D eigenvalue weighted by Crippen LogP contribution is 2.18. The van der Waals surface area contributed by atoms with Gasteiger partial charge in [-0.15, -0.1) is 0 Å². The zero-order valence-electron chi connectivity index (χ0n) is 12.0. The maximum absolute atomic E-state index is 13.1. The van der Waals surface area contributed by atoms with Gasteiger partial charge in [0.25, 0.3) is 11.6 Å². The van der Waals surface area contributed by atoms with Crippen LogP contribution in [0.3, 0.4) is 0 Å². The van der Waals surface area contributed by atoms with Gasteiger partial charge in [-0.25, -0.2) is 8.78 Å². The van der Waals surface area contributed by atoms with Gasteiger partial charge in [0.15, 0.2) is 17.7 Å². The highest BCUT2D eigenvalue weighted by molar-refractivity contribution is 5.94. The molecular weight excluding hydrogens is 310 g/mol. The van der Waals surface area contributed by atoms with Crippen LogP contribution in [0.15, 0.2) is 42.5 Å². The van der Waals surface area contributed by atoms with Gasteiger partial charge < -0.3 is 10.1 Å². The van der Waals surface area contributed by atoms with Gasteiger partial charge in [0.05, 0.1) is 4.92 Å². The molecule has 0 heterocycles. The number of nitrogens with one attached hydrogen (secondary N) is 1. The molecule has 0 spiro atoms. The van der Waals surface area contributed by atoms with Crippen molar-refractivity contribution >= 4 is 17.3 Å². The predicted octanol–water partition coefficient (Wildman–Crippen LogP) is 3.28. The van der Waals surface area contributed by atoms with Crippen LogP contribution >= 0.6 is 0 Å². The Labute approximate surface area is 129 Å². The molecule has 2 aromatic carbocycles. The van der Waals surface area contributed by atoms with E-state index in [4.69, 9.17) is 4.74 Å². The second-order valence-electron chi connectivity index (χ2n) is 4.63. The molecule has 2 rings (SSSR count). The molecule has 1 unspecified atom stereocenters. The van der Waals surface area contributed by atoms with Gasteiger partial charge in [-0.05, 0) is 31.2 Å². The van der Waals surface area contributed by atoms with Gasteiger partial charge in [-0.2, -0.15) is 0 Å². The van der Waals surface area contributed by atoms with Crippen LogP contribution in [0.1, 0.15) is 6.92 Å². The molecule has 0 aromatic heterocycles. The normalized spacial score (nSPS) is 11.6. The average Bonchev–Trinajstić information content (AvgIpc) is 2.51. The Kier molecular flexibility index (Phi) is 4.85. The first-order chi connectivity index (χ1) is 10.9. The minimum absolute atomic E-state index is 0.00949. The van der Waals surface area contributed by atoms with E-state index in [9.17, 15) is 23.7 Å². The number of benzene rings is 2. The van der Waals surface area contributed by atoms with Crippen LogP contribution in [0.2, 0.25) is 0 Å². The Balaban J connectivity index is 1.99. The van der Waals surface area contributed by atoms with Crippen molar-refractivity contribution in [3.8, 4) is 5.75 Å². The molecule has 0 fully saturated rings. The van der Waals surface area contributed by atoms with Crippen molar-refractivity contribution in [3.05, 3.63) is 64.2 Å². The van der Waals surface area contributed by atoms with Gasteiger partial charge in [-0.3, -0.25) is 14.9 Å². The third kappa shape index (κ3) is 4.22. The Morgan fingerprint density at radius 3 is 2.39 bits per heavy atom. The van der Waals surface area contributed by atoms with Crippen LogP contribution in [-0.4, -0.2) is 16.9 Å². The minimum atomic E-state index is -1.08. The molecule has 1 amide bonds. The van der Waals surface area contributed by atoms with E-state index in [0.29, 0.717) is 5.69 Å². The average molecular weight is 322 g/mol. The Hall–Kier alpha value is -3.03. The largest absolute Gasteiger partial charge is 0.481 e. The number of rotatable bonds is 5. The second kappa shape index (κ2) is 6.82. The van der Waals surface area contributed by atoms with E-state index in [2.05, 4.69) is 5.32 Å². The molecule has 0 saturated heterocycles. The summed E-state index contributed by atoms with van der Waals surface area (Å²) in [6.07, 6.45) is -0.977. The molecule has 23 heavy (non-hydrogen) atoms. The molecule has 0 bridgehead atoms. The maximum atomic E-state index is 13.1. The number of ether oxygens (including phenoxy) is 1. The van der Waals surface area contributed by atoms with Crippen molar-refractivity contribution in [1.29, 1.82) is 0 Å². The number of carbonyl (C=O) groups is 1. The zero-order valence-corrected chi connectivity index (χ0v) is 12.0. The first-order valence-corrected chi connectivity index (χ1v) is 6.54. The van der Waals surface area contributed by atoms with Gasteiger partial charge >= 0.3 is 0 Å². The summed E-state index contributed by atoms with van der Waals surface area (Å²) in [5.41, 5.74) is 0.246. The lowest BCUT2D eigenvalue weighted by molar-refractivity contribution is -0.384. The van der Waals surface area contributed by atoms with E-state index in [0.717, 1.165) is 12.1 Å². The molecule has 0 aliphatic rings. The Morgan fingerprint density at radius 1 is 1.17 bits per heavy atom. The van der Waals surface area contributed by atoms with Crippen LogP contribution in [0.25, 0.3) is 0 Å². The van der Waals surface area contributed by atoms with Crippen LogP contribution in [0, 0.1) is 21.7 Å². The summed E-state index contributed by atoms with van der Waals surface area (Å²) in [6, 6.07) is 8.18. The van der Waals surface area contributed by atoms with Crippen molar-refractivity contribution in [3.63, 3.8) is 0 Å². The molecule has 0 aliphatic heterocycles. The number of halogens is 2. The number of non-ortho nitro benzene ring substituents is 1. The van der Waals surface area contributed by atoms with Gasteiger partial charge in [-0.1, -0.05) is 0 Å². The number of carbonyl (C=O) groups excluding carboxylic acids is 1. The predicted molar refractivity (Wildman–Crippen MR) is 78.2 cm³/mol. The van der Waals surface area contributed by atoms with Crippen LogP contribution in [0.5, 0.6) is 5.75 Å². The third-order valence-electron chi connectivity index (χ3n) is 2.92. The van der Waals surface area contributed by atoms with Gasteiger partial charge in [0, 0.05) is 23.9 Å². The third-order valence-corrected chi connectivity index (χ3v) is 2.92. The van der Waals surface area contributed by atoms with E-state index in [-0.39, 0.29) is 11.4 Å². The Morgan fingerprint density at radius 2 is 1.83 bits per heavy atom. The summed E-state index contributed by atoms with van der Waals surface area (Å²) >= 11 is 0. The number of nitro benzene ring substituents is 1. The molecule has 120 valence electrons. The van der Waals surface area contributed by atoms with Crippen molar-refractivity contribution in [2.45, 2.75) is 13.0 Å². The van der Waals surface area contributed by atoms with E-state index < -0.39 is 28.6 Å². The summed E-state index contributed by atoms with van der Waals surface area (Å²) in [6.45, 7) is 1.43. The smallest absolute Gasteiger partial charge is 0.269 e. The van der Waals surface area contributed by atoms with Crippen molar-refractivity contribution in [2.24, 2.45) is 0 Å². The maximum Gasteiger partial charge on any atom is 0.269 e. The molecule has 6 nitrogen and oxygen atoms in total. The summed E-state index contributed by atoms with van der Waals surface area (Å²) in [5, 5.41) is 13.0. The molecule has 0 saturated carbocycles. The lowest BCUT2D eigenvalue weighted by atomic mass is 10.2. The first-order valence-electron chi connectivity index (χ1n) is 6.54. The summed E-state index contributed by atoms with van der Waals surface area (Å²) < 4.78 is 31.1. The van der Waals surface area contributed by atoms with E-state index in [1.807, 2.05) is 0 Å². The van der Waals surface area contributed by atoms with Crippen LogP contribution in [0.4, 0.5) is 20.2 Å². The molecule has 0 radical (unpaired) electrons. The van der Waals surface area contributed by atoms with Crippen molar-refractivity contribution in [1.82, 2.24) is 0 Å². The standard InChI is InChI=1S/C15H12F2N2O4/c1-9(23-12-6-7-13(16)14(17)8-12)15(20)18-10-2-4-11(5-3-10)19(21)22/h2-9H,1H3,(H,18,20).